The van der Waals surface area contributed by atoms with Crippen molar-refractivity contribution in [3.63, 3.8) is 0 Å². The van der Waals surface area contributed by atoms with Gasteiger partial charge in [-0.25, -0.2) is 13.4 Å². The van der Waals surface area contributed by atoms with E-state index in [0.29, 0.717) is 24.2 Å². The molecule has 0 atom stereocenters. The number of rotatable bonds is 9. The van der Waals surface area contributed by atoms with Crippen molar-refractivity contribution in [2.75, 3.05) is 25.0 Å². The summed E-state index contributed by atoms with van der Waals surface area (Å²) < 4.78 is 27.2. The van der Waals surface area contributed by atoms with Crippen LogP contribution in [0.25, 0.3) is 10.7 Å². The van der Waals surface area contributed by atoms with Crippen LogP contribution in [-0.2, 0) is 29.2 Å². The average Bonchev–Trinajstić information content (AvgIpc) is 3.43. The van der Waals surface area contributed by atoms with Crippen LogP contribution >= 0.6 is 11.3 Å². The molecule has 42 heavy (non-hydrogen) atoms. The lowest BCUT2D eigenvalue weighted by Gasteiger charge is -2.26. The molecule has 0 radical (unpaired) electrons. The van der Waals surface area contributed by atoms with Crippen LogP contribution in [0.3, 0.4) is 0 Å². The molecule has 0 saturated carbocycles. The van der Waals surface area contributed by atoms with Gasteiger partial charge in [0, 0.05) is 35.8 Å². The minimum absolute atomic E-state index is 0.139. The Hall–Kier alpha value is -3.60. The summed E-state index contributed by atoms with van der Waals surface area (Å²) in [5, 5.41) is 4.07. The molecule has 1 amide bonds. The molecule has 6 rings (SSSR count). The van der Waals surface area contributed by atoms with Crippen molar-refractivity contribution in [2.45, 2.75) is 61.3 Å². The molecule has 0 aliphatic carbocycles. The lowest BCUT2D eigenvalue weighted by Crippen LogP contribution is -2.30. The van der Waals surface area contributed by atoms with Crippen molar-refractivity contribution in [1.82, 2.24) is 14.9 Å². The van der Waals surface area contributed by atoms with Gasteiger partial charge in [-0.05, 0) is 98.8 Å². The number of primary amides is 1. The molecular weight excluding hydrogens is 567 g/mol. The van der Waals surface area contributed by atoms with Crippen molar-refractivity contribution in [3.05, 3.63) is 88.1 Å². The van der Waals surface area contributed by atoms with E-state index in [1.807, 2.05) is 24.5 Å². The molecule has 4 heterocycles. The number of pyridine rings is 1. The minimum Gasteiger partial charge on any atom is -0.380 e. The molecule has 0 spiro atoms. The molecular formula is C32H35N5O3S2. The Morgan fingerprint density at radius 2 is 1.83 bits per heavy atom. The second kappa shape index (κ2) is 12.3. The minimum atomic E-state index is -3.79. The number of aromatic nitrogens is 2. The normalized spacial score (nSPS) is 16.2. The summed E-state index contributed by atoms with van der Waals surface area (Å²) in [6.07, 6.45) is 11.8. The highest BCUT2D eigenvalue weighted by Crippen LogP contribution is 2.36. The number of nitrogens with two attached hydrogens (primary N) is 1. The number of thiazole rings is 1. The fourth-order valence-corrected chi connectivity index (χ4v) is 8.43. The predicted octanol–water partition coefficient (Wildman–Crippen LogP) is 5.46. The first-order valence-corrected chi connectivity index (χ1v) is 16.8. The Kier molecular flexibility index (Phi) is 8.37. The summed E-state index contributed by atoms with van der Waals surface area (Å²) in [6, 6.07) is 14.0. The van der Waals surface area contributed by atoms with Gasteiger partial charge >= 0.3 is 0 Å². The van der Waals surface area contributed by atoms with Gasteiger partial charge in [0.2, 0.25) is 15.7 Å². The number of nitrogens with zero attached hydrogens (tertiary/aromatic N) is 3. The average molecular weight is 602 g/mol. The van der Waals surface area contributed by atoms with Crippen LogP contribution in [0.5, 0.6) is 0 Å². The fourth-order valence-electron chi connectivity index (χ4n) is 5.83. The molecule has 8 nitrogen and oxygen atoms in total. The highest BCUT2D eigenvalue weighted by molar-refractivity contribution is 7.91. The molecule has 2 aromatic heterocycles. The third kappa shape index (κ3) is 6.11. The highest BCUT2D eigenvalue weighted by atomic mass is 32.2. The van der Waals surface area contributed by atoms with E-state index < -0.39 is 15.7 Å². The highest BCUT2D eigenvalue weighted by Gasteiger charge is 2.29. The van der Waals surface area contributed by atoms with E-state index in [1.165, 1.54) is 75.5 Å². The molecule has 1 saturated heterocycles. The number of piperidine rings is 1. The first-order chi connectivity index (χ1) is 20.4. The van der Waals surface area contributed by atoms with Gasteiger partial charge in [-0.3, -0.25) is 9.78 Å². The Morgan fingerprint density at radius 3 is 2.62 bits per heavy atom. The number of hydrogen-bond acceptors (Lipinski definition) is 8. The summed E-state index contributed by atoms with van der Waals surface area (Å²) in [4.78, 5) is 25.0. The van der Waals surface area contributed by atoms with Crippen LogP contribution in [0, 0.1) is 0 Å². The third-order valence-electron chi connectivity index (χ3n) is 8.13. The largest absolute Gasteiger partial charge is 0.380 e. The number of sulfone groups is 1. The first-order valence-electron chi connectivity index (χ1n) is 14.5. The summed E-state index contributed by atoms with van der Waals surface area (Å²) in [6.45, 7) is 4.01. The van der Waals surface area contributed by atoms with E-state index >= 15 is 0 Å². The molecule has 2 aliphatic rings. The van der Waals surface area contributed by atoms with Crippen molar-refractivity contribution in [3.8, 4) is 10.7 Å². The number of carbonyl (C=O) groups excluding carboxylic acids is 1. The van der Waals surface area contributed by atoms with Crippen molar-refractivity contribution < 1.29 is 13.2 Å². The number of benzene rings is 2. The van der Waals surface area contributed by atoms with Gasteiger partial charge in [0.25, 0.3) is 0 Å². The topological polar surface area (TPSA) is 118 Å². The molecule has 218 valence electrons. The molecule has 3 N–H and O–H groups in total. The molecule has 2 aromatic carbocycles. The van der Waals surface area contributed by atoms with Gasteiger partial charge in [-0.2, -0.15) is 0 Å². The van der Waals surface area contributed by atoms with E-state index in [2.05, 4.69) is 21.3 Å². The fraction of sp³-hybridized carbons (Fsp3) is 0.344. The summed E-state index contributed by atoms with van der Waals surface area (Å²) in [5.41, 5.74) is 9.78. The maximum absolute atomic E-state index is 13.6. The number of unbranched alkanes of at least 4 members (excludes halogenated alkanes) is 1. The molecule has 2 aliphatic heterocycles. The zero-order valence-electron chi connectivity index (χ0n) is 23.5. The summed E-state index contributed by atoms with van der Waals surface area (Å²) >= 11 is 1.57. The van der Waals surface area contributed by atoms with Gasteiger partial charge in [0.05, 0.1) is 21.2 Å². The number of hydrogen-bond donors (Lipinski definition) is 2. The molecule has 0 unspecified atom stereocenters. The van der Waals surface area contributed by atoms with E-state index in [0.717, 1.165) is 27.6 Å². The lowest BCUT2D eigenvalue weighted by molar-refractivity contribution is 0.1000. The SMILES string of the molecule is NC(=O)c1ccc2c(c1)NCc1c(Cc3cnc(-c4ccc(CCCCN5CCCCC5)cn4)s3)cccc1S2(=O)=O. The Bertz CT molecular complexity index is 1690. The smallest absolute Gasteiger partial charge is 0.248 e. The number of fused-ring (bicyclic) bond motifs is 2. The number of nitrogens with one attached hydrogen (secondary N) is 1. The number of likely N-dealkylation sites (tertiary alicyclic amines) is 1. The number of anilines is 1. The van der Waals surface area contributed by atoms with E-state index in [-0.39, 0.29) is 15.4 Å². The Balaban J connectivity index is 1.13. The number of aryl methyl sites for hydroxylation is 1. The standard InChI is InChI=1S/C32H35N5O3S2/c33-31(38)24-11-13-30-28(18-24)35-21-26-23(8-6-9-29(26)42(30,39)40)17-25-20-36-32(41-25)27-12-10-22(19-34-27)7-2-5-16-37-14-3-1-4-15-37/h6,8-13,18-20,35H,1-5,7,14-17,21H2,(H2,33,38). The van der Waals surface area contributed by atoms with Crippen LogP contribution in [0.2, 0.25) is 0 Å². The summed E-state index contributed by atoms with van der Waals surface area (Å²) in [7, 11) is -3.79. The van der Waals surface area contributed by atoms with Gasteiger partial charge < -0.3 is 16.0 Å². The quantitative estimate of drug-likeness (QED) is 0.245. The maximum atomic E-state index is 13.6. The second-order valence-corrected chi connectivity index (χ2v) is 14.0. The third-order valence-corrected chi connectivity index (χ3v) is 11.0. The van der Waals surface area contributed by atoms with Crippen LogP contribution in [0.4, 0.5) is 5.69 Å². The van der Waals surface area contributed by atoms with Gasteiger partial charge in [-0.1, -0.05) is 24.6 Å². The Labute approximate surface area is 250 Å². The monoisotopic (exact) mass is 601 g/mol. The molecule has 4 aromatic rings. The van der Waals surface area contributed by atoms with Crippen molar-refractivity contribution in [2.24, 2.45) is 5.73 Å². The lowest BCUT2D eigenvalue weighted by atomic mass is 10.0. The molecule has 10 heteroatoms. The van der Waals surface area contributed by atoms with Crippen molar-refractivity contribution in [1.29, 1.82) is 0 Å². The predicted molar refractivity (Wildman–Crippen MR) is 166 cm³/mol. The van der Waals surface area contributed by atoms with E-state index in [1.54, 1.807) is 23.5 Å². The zero-order valence-corrected chi connectivity index (χ0v) is 25.1. The summed E-state index contributed by atoms with van der Waals surface area (Å²) in [5.74, 6) is -0.604. The van der Waals surface area contributed by atoms with Gasteiger partial charge in [-0.15, -0.1) is 11.3 Å². The second-order valence-electron chi connectivity index (χ2n) is 11.0. The van der Waals surface area contributed by atoms with Crippen LogP contribution < -0.4 is 11.1 Å². The van der Waals surface area contributed by atoms with Crippen LogP contribution in [-0.4, -0.2) is 48.8 Å². The van der Waals surface area contributed by atoms with Gasteiger partial charge in [0.1, 0.15) is 5.01 Å². The first kappa shape index (κ1) is 28.5. The number of amides is 1. The van der Waals surface area contributed by atoms with Gasteiger partial charge in [0.15, 0.2) is 0 Å². The van der Waals surface area contributed by atoms with Crippen LogP contribution in [0.1, 0.15) is 64.0 Å². The Morgan fingerprint density at radius 1 is 0.976 bits per heavy atom. The van der Waals surface area contributed by atoms with E-state index in [4.69, 9.17) is 10.7 Å². The van der Waals surface area contributed by atoms with Crippen molar-refractivity contribution >= 4 is 32.8 Å². The molecule has 1 fully saturated rings. The molecule has 0 bridgehead atoms. The van der Waals surface area contributed by atoms with Crippen LogP contribution in [0.15, 0.2) is 70.7 Å². The zero-order chi connectivity index (χ0) is 29.1. The maximum Gasteiger partial charge on any atom is 0.248 e. The van der Waals surface area contributed by atoms with E-state index in [9.17, 15) is 13.2 Å². The number of carbonyl (C=O) groups is 1.